The molecule has 1 rings (SSSR count). The summed E-state index contributed by atoms with van der Waals surface area (Å²) in [6, 6.07) is 0. The van der Waals surface area contributed by atoms with Crippen LogP contribution in [0, 0.1) is 5.92 Å². The van der Waals surface area contributed by atoms with E-state index in [9.17, 15) is 0 Å². The fraction of sp³-hybridized carbons (Fsp3) is 0.429. The van der Waals surface area contributed by atoms with Crippen LogP contribution in [0.15, 0.2) is 19.2 Å². The summed E-state index contributed by atoms with van der Waals surface area (Å²) in [5, 5.41) is 3.94. The number of nitrogens with zero attached hydrogens (tertiary/aromatic N) is 3. The maximum absolute atomic E-state index is 3.94. The van der Waals surface area contributed by atoms with E-state index in [1.54, 1.807) is 11.0 Å². The fourth-order valence-electron chi connectivity index (χ4n) is 0.621. The molecule has 1 aromatic heterocycles. The molecule has 0 aliphatic rings. The van der Waals surface area contributed by atoms with Gasteiger partial charge in [-0.2, -0.15) is 5.10 Å². The van der Waals surface area contributed by atoms with Crippen molar-refractivity contribution in [1.82, 2.24) is 14.8 Å². The quantitative estimate of drug-likeness (QED) is 0.617. The third-order valence-electron chi connectivity index (χ3n) is 1.38. The highest BCUT2D eigenvalue weighted by atomic mass is 15.3. The average molecular weight is 137 g/mol. The van der Waals surface area contributed by atoms with Gasteiger partial charge in [-0.05, 0) is 5.92 Å². The van der Waals surface area contributed by atoms with E-state index < -0.39 is 0 Å². The van der Waals surface area contributed by atoms with Crippen LogP contribution in [0.3, 0.4) is 0 Å². The van der Waals surface area contributed by atoms with Gasteiger partial charge in [-0.1, -0.05) is 20.4 Å². The lowest BCUT2D eigenvalue weighted by Crippen LogP contribution is -2.01. The predicted octanol–water partition coefficient (Wildman–Crippen LogP) is 1.40. The van der Waals surface area contributed by atoms with Gasteiger partial charge >= 0.3 is 0 Å². The number of aromatic nitrogens is 3. The van der Waals surface area contributed by atoms with E-state index in [-0.39, 0.29) is 0 Å². The largest absolute Gasteiger partial charge is 0.226 e. The Kier molecular flexibility index (Phi) is 1.85. The summed E-state index contributed by atoms with van der Waals surface area (Å²) >= 11 is 0. The van der Waals surface area contributed by atoms with Crippen molar-refractivity contribution < 1.29 is 0 Å². The van der Waals surface area contributed by atoms with Gasteiger partial charge < -0.3 is 0 Å². The molecule has 0 fully saturated rings. The first-order chi connectivity index (χ1) is 4.72. The van der Waals surface area contributed by atoms with Crippen molar-refractivity contribution in [3.05, 3.63) is 19.2 Å². The minimum absolute atomic E-state index is 0.418. The summed E-state index contributed by atoms with van der Waals surface area (Å²) < 4.78 is 1.69. The third-order valence-corrected chi connectivity index (χ3v) is 1.38. The zero-order valence-electron chi connectivity index (χ0n) is 6.28. The van der Waals surface area contributed by atoms with Crippen LogP contribution in [-0.4, -0.2) is 14.8 Å². The van der Waals surface area contributed by atoms with Gasteiger partial charge in [0.25, 0.3) is 0 Å². The molecule has 3 heteroatoms. The number of hydrogen-bond donors (Lipinski definition) is 0. The maximum atomic E-state index is 3.94. The Morgan fingerprint density at radius 1 is 1.60 bits per heavy atom. The molecule has 0 amide bonds. The molecule has 0 aliphatic carbocycles. The van der Waals surface area contributed by atoms with Crippen molar-refractivity contribution in [1.29, 1.82) is 0 Å². The van der Waals surface area contributed by atoms with E-state index in [1.807, 2.05) is 0 Å². The lowest BCUT2D eigenvalue weighted by Gasteiger charge is -2.06. The summed E-state index contributed by atoms with van der Waals surface area (Å²) in [6.45, 7) is 8.00. The molecule has 0 saturated heterocycles. The normalized spacial score (nSPS) is 10.3. The van der Waals surface area contributed by atoms with Crippen molar-refractivity contribution in [3.63, 3.8) is 0 Å². The summed E-state index contributed by atoms with van der Waals surface area (Å²) in [7, 11) is 0. The first-order valence-electron chi connectivity index (χ1n) is 3.25. The fourth-order valence-corrected chi connectivity index (χ4v) is 0.621. The molecule has 0 unspecified atom stereocenters. The molecule has 0 N–H and O–H groups in total. The molecule has 3 nitrogen and oxygen atoms in total. The summed E-state index contributed by atoms with van der Waals surface area (Å²) in [5.74, 6) is 0.418. The Morgan fingerprint density at radius 2 is 2.30 bits per heavy atom. The molecule has 0 aromatic carbocycles. The third kappa shape index (κ3) is 1.23. The molecule has 0 aliphatic heterocycles. The van der Waals surface area contributed by atoms with Crippen LogP contribution in [-0.2, 0) is 0 Å². The SMILES string of the molecule is C=C(C(C)C)n1cncn1. The first-order valence-corrected chi connectivity index (χ1v) is 3.25. The Balaban J connectivity index is 2.78. The number of rotatable bonds is 2. The highest BCUT2D eigenvalue weighted by Crippen LogP contribution is 2.09. The Hall–Kier alpha value is -1.12. The molecule has 0 spiro atoms. The smallest absolute Gasteiger partial charge is 0.138 e. The molecule has 1 heterocycles. The van der Waals surface area contributed by atoms with Gasteiger partial charge in [0.05, 0.1) is 0 Å². The van der Waals surface area contributed by atoms with Gasteiger partial charge in [0.2, 0.25) is 0 Å². The molecule has 0 radical (unpaired) electrons. The molecular weight excluding hydrogens is 126 g/mol. The van der Waals surface area contributed by atoms with Crippen LogP contribution in [0.5, 0.6) is 0 Å². The monoisotopic (exact) mass is 137 g/mol. The molecular formula is C7H11N3. The zero-order valence-corrected chi connectivity index (χ0v) is 6.28. The molecule has 1 aromatic rings. The van der Waals surface area contributed by atoms with Gasteiger partial charge in [0.1, 0.15) is 12.7 Å². The van der Waals surface area contributed by atoms with E-state index in [4.69, 9.17) is 0 Å². The topological polar surface area (TPSA) is 30.7 Å². The minimum atomic E-state index is 0.418. The van der Waals surface area contributed by atoms with Crippen molar-refractivity contribution in [3.8, 4) is 0 Å². The standard InChI is InChI=1S/C7H11N3/c1-6(2)7(3)10-5-8-4-9-10/h4-6H,3H2,1-2H3. The molecule has 10 heavy (non-hydrogen) atoms. The van der Waals surface area contributed by atoms with E-state index in [0.29, 0.717) is 5.92 Å². The highest BCUT2D eigenvalue weighted by molar-refractivity contribution is 5.40. The van der Waals surface area contributed by atoms with Gasteiger partial charge in [0.15, 0.2) is 0 Å². The lowest BCUT2D eigenvalue weighted by atomic mass is 10.2. The van der Waals surface area contributed by atoms with Crippen LogP contribution in [0.4, 0.5) is 0 Å². The van der Waals surface area contributed by atoms with E-state index in [2.05, 4.69) is 30.5 Å². The highest BCUT2D eigenvalue weighted by Gasteiger charge is 2.01. The molecule has 54 valence electrons. The van der Waals surface area contributed by atoms with Crippen LogP contribution < -0.4 is 0 Å². The van der Waals surface area contributed by atoms with Crippen molar-refractivity contribution >= 4 is 5.70 Å². The lowest BCUT2D eigenvalue weighted by molar-refractivity contribution is 0.746. The van der Waals surface area contributed by atoms with Crippen molar-refractivity contribution in [2.45, 2.75) is 13.8 Å². The number of hydrogen-bond acceptors (Lipinski definition) is 2. The molecule has 0 bridgehead atoms. The Labute approximate surface area is 60.4 Å². The van der Waals surface area contributed by atoms with Gasteiger partial charge in [0, 0.05) is 5.70 Å². The van der Waals surface area contributed by atoms with Crippen LogP contribution in [0.1, 0.15) is 13.8 Å². The van der Waals surface area contributed by atoms with Crippen molar-refractivity contribution in [2.24, 2.45) is 5.92 Å². The average Bonchev–Trinajstić information content (AvgIpc) is 2.36. The van der Waals surface area contributed by atoms with E-state index in [0.717, 1.165) is 5.70 Å². The summed E-state index contributed by atoms with van der Waals surface area (Å²) in [4.78, 5) is 3.82. The second kappa shape index (κ2) is 2.64. The molecule has 0 saturated carbocycles. The predicted molar refractivity (Wildman–Crippen MR) is 40.2 cm³/mol. The maximum Gasteiger partial charge on any atom is 0.138 e. The van der Waals surface area contributed by atoms with E-state index in [1.165, 1.54) is 6.33 Å². The first kappa shape index (κ1) is 6.99. The Bertz CT molecular complexity index is 211. The number of allylic oxidation sites excluding steroid dienone is 1. The van der Waals surface area contributed by atoms with Gasteiger partial charge in [-0.15, -0.1) is 0 Å². The zero-order chi connectivity index (χ0) is 7.56. The summed E-state index contributed by atoms with van der Waals surface area (Å²) in [6.07, 6.45) is 3.16. The second-order valence-electron chi connectivity index (χ2n) is 2.49. The summed E-state index contributed by atoms with van der Waals surface area (Å²) in [5.41, 5.74) is 0.970. The van der Waals surface area contributed by atoms with Gasteiger partial charge in [-0.25, -0.2) is 9.67 Å². The minimum Gasteiger partial charge on any atom is -0.226 e. The van der Waals surface area contributed by atoms with Crippen LogP contribution in [0.25, 0.3) is 5.70 Å². The van der Waals surface area contributed by atoms with Crippen LogP contribution in [0.2, 0.25) is 0 Å². The van der Waals surface area contributed by atoms with E-state index >= 15 is 0 Å². The van der Waals surface area contributed by atoms with Crippen LogP contribution >= 0.6 is 0 Å². The second-order valence-corrected chi connectivity index (χ2v) is 2.49. The molecule has 0 atom stereocenters. The van der Waals surface area contributed by atoms with Crippen molar-refractivity contribution in [2.75, 3.05) is 0 Å². The van der Waals surface area contributed by atoms with Gasteiger partial charge in [-0.3, -0.25) is 0 Å². The Morgan fingerprint density at radius 3 is 2.70 bits per heavy atom.